The number of pyridine rings is 1. The van der Waals surface area contributed by atoms with E-state index in [4.69, 9.17) is 4.74 Å². The Morgan fingerprint density at radius 2 is 2.15 bits per heavy atom. The molecule has 1 fully saturated rings. The van der Waals surface area contributed by atoms with Crippen molar-refractivity contribution < 1.29 is 9.53 Å². The van der Waals surface area contributed by atoms with E-state index >= 15 is 0 Å². The van der Waals surface area contributed by atoms with E-state index < -0.39 is 0 Å². The van der Waals surface area contributed by atoms with E-state index in [9.17, 15) is 4.79 Å². The summed E-state index contributed by atoms with van der Waals surface area (Å²) < 4.78 is 7.68. The van der Waals surface area contributed by atoms with E-state index in [2.05, 4.69) is 26.7 Å². The van der Waals surface area contributed by atoms with Crippen molar-refractivity contribution in [2.24, 2.45) is 0 Å². The van der Waals surface area contributed by atoms with Crippen LogP contribution in [0.5, 0.6) is 0 Å². The molecule has 1 aliphatic carbocycles. The number of carbonyl (C=O) groups excluding carboxylic acids is 1. The second-order valence-electron chi connectivity index (χ2n) is 6.59. The second-order valence-corrected chi connectivity index (χ2v) is 7.53. The van der Waals surface area contributed by atoms with Gasteiger partial charge >= 0.3 is 5.97 Å². The number of hydrogen-bond donors (Lipinski definition) is 0. The van der Waals surface area contributed by atoms with E-state index in [-0.39, 0.29) is 17.8 Å². The SMILES string of the molecule is CCCCn1c(SCC(=O)OC2CCCCC2)nnc1-c1cccnc1. The van der Waals surface area contributed by atoms with Crippen LogP contribution in [0.4, 0.5) is 0 Å². The third-order valence-corrected chi connectivity index (χ3v) is 5.48. The lowest BCUT2D eigenvalue weighted by Gasteiger charge is -2.21. The summed E-state index contributed by atoms with van der Waals surface area (Å²) in [5, 5.41) is 9.40. The van der Waals surface area contributed by atoms with Crippen LogP contribution in [0.25, 0.3) is 11.4 Å². The predicted molar refractivity (Wildman–Crippen MR) is 102 cm³/mol. The monoisotopic (exact) mass is 374 g/mol. The van der Waals surface area contributed by atoms with Crippen LogP contribution in [-0.4, -0.2) is 37.6 Å². The minimum absolute atomic E-state index is 0.0979. The molecule has 0 saturated heterocycles. The van der Waals surface area contributed by atoms with Gasteiger partial charge in [0.05, 0.1) is 5.75 Å². The Bertz CT molecular complexity index is 699. The molecule has 3 rings (SSSR count). The molecule has 0 aromatic carbocycles. The highest BCUT2D eigenvalue weighted by Gasteiger charge is 2.20. The van der Waals surface area contributed by atoms with Gasteiger partial charge in [0.2, 0.25) is 0 Å². The fourth-order valence-corrected chi connectivity index (χ4v) is 3.90. The normalized spacial score (nSPS) is 15.1. The van der Waals surface area contributed by atoms with Crippen molar-refractivity contribution >= 4 is 17.7 Å². The molecule has 0 radical (unpaired) electrons. The molecule has 1 aliphatic rings. The zero-order valence-corrected chi connectivity index (χ0v) is 16.1. The average molecular weight is 375 g/mol. The Hall–Kier alpha value is -1.89. The van der Waals surface area contributed by atoms with E-state index in [1.807, 2.05) is 12.1 Å². The van der Waals surface area contributed by atoms with Gasteiger partial charge in [0, 0.05) is 24.5 Å². The third kappa shape index (κ3) is 5.06. The molecular weight excluding hydrogens is 348 g/mol. The summed E-state index contributed by atoms with van der Waals surface area (Å²) >= 11 is 1.40. The quantitative estimate of drug-likeness (QED) is 0.512. The highest BCUT2D eigenvalue weighted by Crippen LogP contribution is 2.25. The van der Waals surface area contributed by atoms with Crippen molar-refractivity contribution in [2.75, 3.05) is 5.75 Å². The topological polar surface area (TPSA) is 69.9 Å². The molecule has 2 aromatic heterocycles. The summed E-state index contributed by atoms with van der Waals surface area (Å²) in [5.74, 6) is 0.915. The molecule has 6 nitrogen and oxygen atoms in total. The van der Waals surface area contributed by atoms with Crippen LogP contribution >= 0.6 is 11.8 Å². The predicted octanol–water partition coefficient (Wildman–Crippen LogP) is 4.11. The van der Waals surface area contributed by atoms with Gasteiger partial charge in [-0.2, -0.15) is 0 Å². The van der Waals surface area contributed by atoms with Crippen molar-refractivity contribution in [3.63, 3.8) is 0 Å². The maximum absolute atomic E-state index is 12.2. The highest BCUT2D eigenvalue weighted by atomic mass is 32.2. The molecule has 26 heavy (non-hydrogen) atoms. The molecule has 2 aromatic rings. The fourth-order valence-electron chi connectivity index (χ4n) is 3.15. The van der Waals surface area contributed by atoms with Crippen LogP contribution < -0.4 is 0 Å². The van der Waals surface area contributed by atoms with Crippen LogP contribution in [0.15, 0.2) is 29.7 Å². The Labute approximate surface area is 158 Å². The van der Waals surface area contributed by atoms with Crippen molar-refractivity contribution in [1.29, 1.82) is 0 Å². The van der Waals surface area contributed by atoms with Gasteiger partial charge in [0.1, 0.15) is 6.10 Å². The summed E-state index contributed by atoms with van der Waals surface area (Å²) in [6, 6.07) is 3.87. The number of nitrogens with zero attached hydrogens (tertiary/aromatic N) is 4. The average Bonchev–Trinajstić information content (AvgIpc) is 3.09. The van der Waals surface area contributed by atoms with E-state index in [1.165, 1.54) is 18.2 Å². The molecule has 0 aliphatic heterocycles. The highest BCUT2D eigenvalue weighted by molar-refractivity contribution is 7.99. The van der Waals surface area contributed by atoms with Crippen molar-refractivity contribution in [3.05, 3.63) is 24.5 Å². The van der Waals surface area contributed by atoms with Gasteiger partial charge in [-0.05, 0) is 44.2 Å². The maximum Gasteiger partial charge on any atom is 0.316 e. The molecule has 7 heteroatoms. The smallest absolute Gasteiger partial charge is 0.316 e. The molecule has 2 heterocycles. The zero-order chi connectivity index (χ0) is 18.2. The van der Waals surface area contributed by atoms with Crippen molar-refractivity contribution in [2.45, 2.75) is 69.7 Å². The van der Waals surface area contributed by atoms with Gasteiger partial charge in [-0.25, -0.2) is 0 Å². The lowest BCUT2D eigenvalue weighted by molar-refractivity contribution is -0.147. The molecule has 140 valence electrons. The molecule has 0 unspecified atom stereocenters. The first-order valence-electron chi connectivity index (χ1n) is 9.43. The van der Waals surface area contributed by atoms with Gasteiger partial charge in [-0.3, -0.25) is 9.78 Å². The summed E-state index contributed by atoms with van der Waals surface area (Å²) in [4.78, 5) is 16.3. The fraction of sp³-hybridized carbons (Fsp3) is 0.579. The van der Waals surface area contributed by atoms with Crippen LogP contribution in [0.3, 0.4) is 0 Å². The largest absolute Gasteiger partial charge is 0.462 e. The molecule has 0 bridgehead atoms. The zero-order valence-electron chi connectivity index (χ0n) is 15.3. The van der Waals surface area contributed by atoms with Crippen molar-refractivity contribution in [3.8, 4) is 11.4 Å². The number of hydrogen-bond acceptors (Lipinski definition) is 6. The molecular formula is C19H26N4O2S. The Balaban J connectivity index is 1.64. The summed E-state index contributed by atoms with van der Waals surface area (Å²) in [6.07, 6.45) is 11.3. The maximum atomic E-state index is 12.2. The minimum Gasteiger partial charge on any atom is -0.462 e. The summed E-state index contributed by atoms with van der Waals surface area (Å²) in [6.45, 7) is 2.98. The first-order valence-corrected chi connectivity index (χ1v) is 10.4. The van der Waals surface area contributed by atoms with Crippen LogP contribution in [0.1, 0.15) is 51.9 Å². The first kappa shape index (κ1) is 18.9. The molecule has 0 atom stereocenters. The van der Waals surface area contributed by atoms with E-state index in [1.54, 1.807) is 12.4 Å². The Morgan fingerprint density at radius 3 is 2.88 bits per heavy atom. The molecule has 0 N–H and O–H groups in total. The Kier molecular flexibility index (Phi) is 7.05. The number of carbonyl (C=O) groups is 1. The van der Waals surface area contributed by atoms with Gasteiger partial charge in [-0.15, -0.1) is 10.2 Å². The van der Waals surface area contributed by atoms with Crippen LogP contribution in [0.2, 0.25) is 0 Å². The molecule has 1 saturated carbocycles. The summed E-state index contributed by atoms with van der Waals surface area (Å²) in [7, 11) is 0. The first-order chi connectivity index (χ1) is 12.8. The second kappa shape index (κ2) is 9.71. The molecule has 0 amide bonds. The van der Waals surface area contributed by atoms with E-state index in [0.717, 1.165) is 61.6 Å². The number of esters is 1. The van der Waals surface area contributed by atoms with Gasteiger partial charge in [0.25, 0.3) is 0 Å². The van der Waals surface area contributed by atoms with Crippen LogP contribution in [0, 0.1) is 0 Å². The number of unbranched alkanes of at least 4 members (excludes halogenated alkanes) is 1. The Morgan fingerprint density at radius 1 is 1.31 bits per heavy atom. The third-order valence-electron chi connectivity index (χ3n) is 4.54. The number of ether oxygens (including phenoxy) is 1. The van der Waals surface area contributed by atoms with E-state index in [0.29, 0.717) is 0 Å². The number of aromatic nitrogens is 4. The van der Waals surface area contributed by atoms with Gasteiger partial charge in [0.15, 0.2) is 11.0 Å². The molecule has 0 spiro atoms. The van der Waals surface area contributed by atoms with Crippen LogP contribution in [-0.2, 0) is 16.1 Å². The number of rotatable bonds is 8. The minimum atomic E-state index is -0.158. The lowest BCUT2D eigenvalue weighted by atomic mass is 9.98. The van der Waals surface area contributed by atoms with Gasteiger partial charge in [-0.1, -0.05) is 31.5 Å². The lowest BCUT2D eigenvalue weighted by Crippen LogP contribution is -2.22. The number of thioether (sulfide) groups is 1. The standard InChI is InChI=1S/C19H26N4O2S/c1-2-3-12-23-18(15-8-7-11-20-13-15)21-22-19(23)26-14-17(24)25-16-9-5-4-6-10-16/h7-8,11,13,16H,2-6,9-10,12,14H2,1H3. The van der Waals surface area contributed by atoms with Gasteiger partial charge < -0.3 is 9.30 Å². The van der Waals surface area contributed by atoms with Crippen molar-refractivity contribution in [1.82, 2.24) is 19.7 Å². The summed E-state index contributed by atoms with van der Waals surface area (Å²) in [5.41, 5.74) is 0.938.